The fraction of sp³-hybridized carbons (Fsp3) is 0.333. The number of sulfonamides is 1. The van der Waals surface area contributed by atoms with Gasteiger partial charge in [0.25, 0.3) is 5.91 Å². The number of nitrogens with zero attached hydrogens (tertiary/aromatic N) is 1. The Morgan fingerprint density at radius 2 is 2.18 bits per heavy atom. The number of aromatic nitrogens is 1. The number of nitrogens with two attached hydrogens (primary N) is 1. The first-order valence-corrected chi connectivity index (χ1v) is 7.29. The first-order valence-electron chi connectivity index (χ1n) is 4.79. The van der Waals surface area contributed by atoms with Gasteiger partial charge in [0.1, 0.15) is 4.60 Å². The van der Waals surface area contributed by atoms with Gasteiger partial charge in [0, 0.05) is 12.7 Å². The second kappa shape index (κ2) is 6.08. The fourth-order valence-corrected chi connectivity index (χ4v) is 1.87. The highest BCUT2D eigenvalue weighted by atomic mass is 79.9. The van der Waals surface area contributed by atoms with Gasteiger partial charge in [-0.05, 0) is 34.5 Å². The lowest BCUT2D eigenvalue weighted by atomic mass is 10.2. The van der Waals surface area contributed by atoms with Crippen molar-refractivity contribution in [1.82, 2.24) is 10.3 Å². The summed E-state index contributed by atoms with van der Waals surface area (Å²) in [6, 6.07) is 3.27. The maximum absolute atomic E-state index is 11.5. The van der Waals surface area contributed by atoms with Crippen molar-refractivity contribution in [2.75, 3.05) is 12.3 Å². The molecule has 0 bridgehead atoms. The summed E-state index contributed by atoms with van der Waals surface area (Å²) in [4.78, 5) is 15.4. The Kier molecular flexibility index (Phi) is 5.03. The largest absolute Gasteiger partial charge is 0.352 e. The van der Waals surface area contributed by atoms with Gasteiger partial charge in [0.2, 0.25) is 10.0 Å². The molecule has 0 unspecified atom stereocenters. The van der Waals surface area contributed by atoms with Gasteiger partial charge >= 0.3 is 0 Å². The van der Waals surface area contributed by atoms with Crippen LogP contribution in [0.5, 0.6) is 0 Å². The van der Waals surface area contributed by atoms with Gasteiger partial charge in [-0.25, -0.2) is 18.5 Å². The molecule has 0 aliphatic carbocycles. The first-order chi connectivity index (χ1) is 7.88. The van der Waals surface area contributed by atoms with Crippen LogP contribution in [0.2, 0.25) is 0 Å². The first kappa shape index (κ1) is 14.1. The molecule has 17 heavy (non-hydrogen) atoms. The van der Waals surface area contributed by atoms with Crippen LogP contribution >= 0.6 is 15.9 Å². The molecular formula is C9H12BrN3O3S. The quantitative estimate of drug-likeness (QED) is 0.599. The Balaban J connectivity index is 2.38. The number of hydrogen-bond donors (Lipinski definition) is 2. The summed E-state index contributed by atoms with van der Waals surface area (Å²) in [6.45, 7) is 0.255. The number of halogens is 1. The number of carbonyl (C=O) groups is 1. The van der Waals surface area contributed by atoms with Crippen molar-refractivity contribution in [3.05, 3.63) is 28.5 Å². The molecule has 1 amide bonds. The van der Waals surface area contributed by atoms with Crippen molar-refractivity contribution in [2.24, 2.45) is 5.14 Å². The summed E-state index contributed by atoms with van der Waals surface area (Å²) in [5, 5.41) is 7.40. The van der Waals surface area contributed by atoms with Gasteiger partial charge < -0.3 is 5.32 Å². The van der Waals surface area contributed by atoms with E-state index in [4.69, 9.17) is 5.14 Å². The van der Waals surface area contributed by atoms with Crippen molar-refractivity contribution in [1.29, 1.82) is 0 Å². The Morgan fingerprint density at radius 1 is 1.47 bits per heavy atom. The average molecular weight is 322 g/mol. The topological polar surface area (TPSA) is 102 Å². The second-order valence-corrected chi connectivity index (χ2v) is 5.89. The highest BCUT2D eigenvalue weighted by molar-refractivity contribution is 9.10. The lowest BCUT2D eigenvalue weighted by molar-refractivity contribution is 0.0953. The van der Waals surface area contributed by atoms with E-state index >= 15 is 0 Å². The zero-order chi connectivity index (χ0) is 12.9. The van der Waals surface area contributed by atoms with Crippen LogP contribution in [0.15, 0.2) is 22.9 Å². The van der Waals surface area contributed by atoms with Gasteiger partial charge in [0.15, 0.2) is 0 Å². The van der Waals surface area contributed by atoms with E-state index in [1.54, 1.807) is 12.1 Å². The van der Waals surface area contributed by atoms with Gasteiger partial charge in [-0.15, -0.1) is 0 Å². The molecule has 3 N–H and O–H groups in total. The molecule has 0 saturated carbocycles. The van der Waals surface area contributed by atoms with E-state index in [1.165, 1.54) is 6.20 Å². The Labute approximate surface area is 108 Å². The number of amides is 1. The van der Waals surface area contributed by atoms with Crippen LogP contribution < -0.4 is 10.5 Å². The highest BCUT2D eigenvalue weighted by Gasteiger charge is 2.06. The predicted molar refractivity (Wildman–Crippen MR) is 66.9 cm³/mol. The molecular weight excluding hydrogens is 310 g/mol. The molecule has 0 aliphatic rings. The van der Waals surface area contributed by atoms with Crippen molar-refractivity contribution in [3.63, 3.8) is 0 Å². The minimum absolute atomic E-state index is 0.147. The third-order valence-electron chi connectivity index (χ3n) is 1.88. The Bertz CT molecular complexity index is 487. The van der Waals surface area contributed by atoms with Crippen LogP contribution in [0, 0.1) is 0 Å². The summed E-state index contributed by atoms with van der Waals surface area (Å²) >= 11 is 3.16. The maximum Gasteiger partial charge on any atom is 0.252 e. The van der Waals surface area contributed by atoms with Crippen LogP contribution in [-0.4, -0.2) is 31.6 Å². The number of rotatable bonds is 5. The lowest BCUT2D eigenvalue weighted by Gasteiger charge is -2.04. The standard InChI is InChI=1S/C9H12BrN3O3S/c10-8-3-2-7(6-13-8)9(14)12-4-1-5-17(11,15)16/h2-3,6H,1,4-5H2,(H,12,14)(H2,11,15,16). The van der Waals surface area contributed by atoms with E-state index < -0.39 is 10.0 Å². The number of carbonyl (C=O) groups excluding carboxylic acids is 1. The van der Waals surface area contributed by atoms with Crippen LogP contribution in [-0.2, 0) is 10.0 Å². The molecule has 1 heterocycles. The second-order valence-electron chi connectivity index (χ2n) is 3.35. The van der Waals surface area contributed by atoms with Gasteiger partial charge in [-0.3, -0.25) is 4.79 Å². The predicted octanol–water partition coefficient (Wildman–Crippen LogP) is 0.253. The molecule has 1 rings (SSSR count). The number of hydrogen-bond acceptors (Lipinski definition) is 4. The van der Waals surface area contributed by atoms with Crippen LogP contribution in [0.4, 0.5) is 0 Å². The van der Waals surface area contributed by atoms with E-state index in [9.17, 15) is 13.2 Å². The van der Waals surface area contributed by atoms with Gasteiger partial charge in [-0.1, -0.05) is 0 Å². The van der Waals surface area contributed by atoms with E-state index in [1.807, 2.05) is 0 Å². The molecule has 0 aromatic carbocycles. The third-order valence-corrected chi connectivity index (χ3v) is 3.21. The SMILES string of the molecule is NS(=O)(=O)CCCNC(=O)c1ccc(Br)nc1. The van der Waals surface area contributed by atoms with Crippen molar-refractivity contribution in [3.8, 4) is 0 Å². The summed E-state index contributed by atoms with van der Waals surface area (Å²) < 4.78 is 21.9. The minimum Gasteiger partial charge on any atom is -0.352 e. The summed E-state index contributed by atoms with van der Waals surface area (Å²) in [5.74, 6) is -0.439. The van der Waals surface area contributed by atoms with Crippen LogP contribution in [0.25, 0.3) is 0 Å². The molecule has 0 spiro atoms. The highest BCUT2D eigenvalue weighted by Crippen LogP contribution is 2.05. The van der Waals surface area contributed by atoms with E-state index in [0.29, 0.717) is 10.2 Å². The number of nitrogens with one attached hydrogen (secondary N) is 1. The molecule has 0 atom stereocenters. The van der Waals surface area contributed by atoms with Crippen molar-refractivity contribution in [2.45, 2.75) is 6.42 Å². The van der Waals surface area contributed by atoms with E-state index in [2.05, 4.69) is 26.2 Å². The fourth-order valence-electron chi connectivity index (χ4n) is 1.09. The molecule has 6 nitrogen and oxygen atoms in total. The van der Waals surface area contributed by atoms with E-state index in [-0.39, 0.29) is 24.6 Å². The van der Waals surface area contributed by atoms with Gasteiger partial charge in [-0.2, -0.15) is 0 Å². The normalized spacial score (nSPS) is 11.2. The molecule has 94 valence electrons. The summed E-state index contributed by atoms with van der Waals surface area (Å²) in [7, 11) is -3.46. The zero-order valence-electron chi connectivity index (χ0n) is 8.89. The van der Waals surface area contributed by atoms with Crippen LogP contribution in [0.3, 0.4) is 0 Å². The molecule has 0 radical (unpaired) electrons. The monoisotopic (exact) mass is 321 g/mol. The summed E-state index contributed by atoms with van der Waals surface area (Å²) in [5.41, 5.74) is 0.420. The third kappa shape index (κ3) is 5.76. The smallest absolute Gasteiger partial charge is 0.252 e. The van der Waals surface area contributed by atoms with E-state index in [0.717, 1.165) is 0 Å². The van der Waals surface area contributed by atoms with Crippen molar-refractivity contribution >= 4 is 31.9 Å². The Hall–Kier alpha value is -0.990. The Morgan fingerprint density at radius 3 is 2.71 bits per heavy atom. The number of primary sulfonamides is 1. The van der Waals surface area contributed by atoms with Gasteiger partial charge in [0.05, 0.1) is 11.3 Å². The average Bonchev–Trinajstić information content (AvgIpc) is 2.24. The summed E-state index contributed by atoms with van der Waals surface area (Å²) in [6.07, 6.45) is 1.72. The molecule has 8 heteroatoms. The zero-order valence-corrected chi connectivity index (χ0v) is 11.3. The molecule has 0 aliphatic heterocycles. The molecule has 1 aromatic heterocycles. The lowest BCUT2D eigenvalue weighted by Crippen LogP contribution is -2.27. The maximum atomic E-state index is 11.5. The molecule has 0 saturated heterocycles. The number of pyridine rings is 1. The van der Waals surface area contributed by atoms with Crippen molar-refractivity contribution < 1.29 is 13.2 Å². The minimum atomic E-state index is -3.46. The molecule has 1 aromatic rings. The van der Waals surface area contributed by atoms with Crippen LogP contribution in [0.1, 0.15) is 16.8 Å². The molecule has 0 fully saturated rings.